The molecule has 0 unspecified atom stereocenters. The third kappa shape index (κ3) is 2.74. The predicted octanol–water partition coefficient (Wildman–Crippen LogP) is 1.68. The smallest absolute Gasteiger partial charge is 0.0717 e. The van der Waals surface area contributed by atoms with E-state index in [1.165, 1.54) is 5.56 Å². The first-order valence-electron chi connectivity index (χ1n) is 4.78. The first-order valence-corrected chi connectivity index (χ1v) is 5.72. The van der Waals surface area contributed by atoms with Crippen LogP contribution in [0.25, 0.3) is 0 Å². The fourth-order valence-electron chi connectivity index (χ4n) is 1.35. The van der Waals surface area contributed by atoms with Gasteiger partial charge in [0.1, 0.15) is 0 Å². The SMILES string of the molecule is OC[C@H]1S[C@H]1COCc1ccccc1. The van der Waals surface area contributed by atoms with Crippen LogP contribution in [0.2, 0.25) is 0 Å². The molecular formula is C11H14O2S. The van der Waals surface area contributed by atoms with Crippen LogP contribution in [0.15, 0.2) is 30.3 Å². The van der Waals surface area contributed by atoms with E-state index in [1.54, 1.807) is 11.8 Å². The number of thioether (sulfide) groups is 1. The quantitative estimate of drug-likeness (QED) is 0.750. The third-order valence-electron chi connectivity index (χ3n) is 2.26. The number of ether oxygens (including phenoxy) is 1. The second kappa shape index (κ2) is 4.82. The second-order valence-electron chi connectivity index (χ2n) is 3.40. The molecule has 1 fully saturated rings. The minimum absolute atomic E-state index is 0.282. The number of rotatable bonds is 5. The molecule has 3 heteroatoms. The van der Waals surface area contributed by atoms with Crippen molar-refractivity contribution in [2.45, 2.75) is 17.1 Å². The van der Waals surface area contributed by atoms with E-state index in [4.69, 9.17) is 9.84 Å². The normalized spacial score (nSPS) is 24.9. The summed E-state index contributed by atoms with van der Waals surface area (Å²) in [6.45, 7) is 1.71. The topological polar surface area (TPSA) is 29.5 Å². The first-order chi connectivity index (χ1) is 6.90. The van der Waals surface area contributed by atoms with E-state index in [0.29, 0.717) is 17.1 Å². The lowest BCUT2D eigenvalue weighted by Gasteiger charge is -2.02. The molecule has 0 saturated carbocycles. The summed E-state index contributed by atoms with van der Waals surface area (Å²) >= 11 is 1.80. The van der Waals surface area contributed by atoms with Gasteiger partial charge in [0.15, 0.2) is 0 Å². The lowest BCUT2D eigenvalue weighted by Crippen LogP contribution is -2.07. The summed E-state index contributed by atoms with van der Waals surface area (Å²) in [5, 5.41) is 9.76. The van der Waals surface area contributed by atoms with Crippen molar-refractivity contribution in [3.05, 3.63) is 35.9 Å². The van der Waals surface area contributed by atoms with E-state index >= 15 is 0 Å². The van der Waals surface area contributed by atoms with E-state index < -0.39 is 0 Å². The monoisotopic (exact) mass is 210 g/mol. The van der Waals surface area contributed by atoms with Crippen molar-refractivity contribution < 1.29 is 9.84 Å². The summed E-state index contributed by atoms with van der Waals surface area (Å²) in [5.74, 6) is 0. The van der Waals surface area contributed by atoms with Crippen molar-refractivity contribution in [2.75, 3.05) is 13.2 Å². The van der Waals surface area contributed by atoms with Crippen LogP contribution in [0.5, 0.6) is 0 Å². The van der Waals surface area contributed by atoms with Gasteiger partial charge >= 0.3 is 0 Å². The van der Waals surface area contributed by atoms with E-state index in [9.17, 15) is 0 Å². The molecule has 0 amide bonds. The summed E-state index contributed by atoms with van der Waals surface area (Å²) in [6, 6.07) is 10.2. The molecule has 1 N–H and O–H groups in total. The molecule has 1 aliphatic rings. The zero-order valence-electron chi connectivity index (χ0n) is 7.93. The molecule has 2 rings (SSSR count). The van der Waals surface area contributed by atoms with Crippen LogP contribution in [-0.4, -0.2) is 28.8 Å². The van der Waals surface area contributed by atoms with Gasteiger partial charge < -0.3 is 9.84 Å². The largest absolute Gasteiger partial charge is 0.395 e. The van der Waals surface area contributed by atoms with Gasteiger partial charge in [-0.05, 0) is 5.56 Å². The fourth-order valence-corrected chi connectivity index (χ4v) is 2.14. The molecule has 1 heterocycles. The summed E-state index contributed by atoms with van der Waals surface area (Å²) in [7, 11) is 0. The van der Waals surface area contributed by atoms with Gasteiger partial charge in [-0.25, -0.2) is 0 Å². The predicted molar refractivity (Wildman–Crippen MR) is 58.4 cm³/mol. The molecular weight excluding hydrogens is 196 g/mol. The van der Waals surface area contributed by atoms with Gasteiger partial charge in [0, 0.05) is 10.5 Å². The molecule has 14 heavy (non-hydrogen) atoms. The highest BCUT2D eigenvalue weighted by molar-refractivity contribution is 8.07. The van der Waals surface area contributed by atoms with Crippen LogP contribution in [0.3, 0.4) is 0 Å². The Labute approximate surface area is 88.3 Å². The molecule has 0 aromatic heterocycles. The molecule has 76 valence electrons. The van der Waals surface area contributed by atoms with Crippen LogP contribution in [0.1, 0.15) is 5.56 Å². The fraction of sp³-hybridized carbons (Fsp3) is 0.455. The Morgan fingerprint density at radius 3 is 2.64 bits per heavy atom. The Hall–Kier alpha value is -0.510. The van der Waals surface area contributed by atoms with E-state index in [1.807, 2.05) is 18.2 Å². The Morgan fingerprint density at radius 1 is 1.21 bits per heavy atom. The van der Waals surface area contributed by atoms with Crippen molar-refractivity contribution in [3.8, 4) is 0 Å². The summed E-state index contributed by atoms with van der Waals surface area (Å²) in [6.07, 6.45) is 0. The molecule has 1 saturated heterocycles. The molecule has 0 radical (unpaired) electrons. The zero-order chi connectivity index (χ0) is 9.80. The summed E-state index contributed by atoms with van der Waals surface area (Å²) < 4.78 is 5.54. The highest BCUT2D eigenvalue weighted by atomic mass is 32.2. The van der Waals surface area contributed by atoms with Crippen molar-refractivity contribution in [3.63, 3.8) is 0 Å². The second-order valence-corrected chi connectivity index (χ2v) is 4.88. The molecule has 0 aliphatic carbocycles. The van der Waals surface area contributed by atoms with Gasteiger partial charge in [0.2, 0.25) is 0 Å². The number of aliphatic hydroxyl groups excluding tert-OH is 1. The molecule has 1 aromatic carbocycles. The maximum atomic E-state index is 8.82. The summed E-state index contributed by atoms with van der Waals surface area (Å²) in [4.78, 5) is 0. The minimum Gasteiger partial charge on any atom is -0.395 e. The lowest BCUT2D eigenvalue weighted by molar-refractivity contribution is 0.123. The standard InChI is InChI=1S/C11H14O2S/c12-6-10-11(14-10)8-13-7-9-4-2-1-3-5-9/h1-5,10-12H,6-8H2/t10-,11+/m1/s1. The maximum absolute atomic E-state index is 8.82. The van der Waals surface area contributed by atoms with Gasteiger partial charge in [0.25, 0.3) is 0 Å². The van der Waals surface area contributed by atoms with Crippen LogP contribution in [-0.2, 0) is 11.3 Å². The highest BCUT2D eigenvalue weighted by Crippen LogP contribution is 2.40. The number of hydrogen-bond donors (Lipinski definition) is 1. The zero-order valence-corrected chi connectivity index (χ0v) is 8.74. The first kappa shape index (κ1) is 10.0. The Kier molecular flexibility index (Phi) is 3.45. The maximum Gasteiger partial charge on any atom is 0.0717 e. The molecule has 0 bridgehead atoms. The molecule has 1 aromatic rings. The van der Waals surface area contributed by atoms with Gasteiger partial charge in [-0.3, -0.25) is 0 Å². The van der Waals surface area contributed by atoms with Crippen molar-refractivity contribution in [1.29, 1.82) is 0 Å². The van der Waals surface area contributed by atoms with Crippen molar-refractivity contribution in [1.82, 2.24) is 0 Å². The van der Waals surface area contributed by atoms with Crippen LogP contribution in [0, 0.1) is 0 Å². The van der Waals surface area contributed by atoms with E-state index in [0.717, 1.165) is 6.61 Å². The Bertz CT molecular complexity index is 276. The van der Waals surface area contributed by atoms with Gasteiger partial charge in [-0.15, -0.1) is 11.8 Å². The van der Waals surface area contributed by atoms with Crippen LogP contribution >= 0.6 is 11.8 Å². The third-order valence-corrected chi connectivity index (χ3v) is 3.59. The minimum atomic E-state index is 0.282. The average molecular weight is 210 g/mol. The number of aliphatic hydroxyl groups is 1. The Balaban J connectivity index is 1.64. The molecule has 2 nitrogen and oxygen atoms in total. The summed E-state index contributed by atoms with van der Waals surface area (Å²) in [5.41, 5.74) is 1.21. The van der Waals surface area contributed by atoms with Crippen molar-refractivity contribution in [2.24, 2.45) is 0 Å². The lowest BCUT2D eigenvalue weighted by atomic mass is 10.2. The van der Waals surface area contributed by atoms with Crippen LogP contribution in [0.4, 0.5) is 0 Å². The number of hydrogen-bond acceptors (Lipinski definition) is 3. The number of benzene rings is 1. The highest BCUT2D eigenvalue weighted by Gasteiger charge is 2.37. The van der Waals surface area contributed by atoms with Crippen LogP contribution < -0.4 is 0 Å². The molecule has 2 atom stereocenters. The Morgan fingerprint density at radius 2 is 2.00 bits per heavy atom. The molecule has 0 spiro atoms. The van der Waals surface area contributed by atoms with Gasteiger partial charge in [-0.1, -0.05) is 30.3 Å². The van der Waals surface area contributed by atoms with Gasteiger partial charge in [0.05, 0.1) is 19.8 Å². The van der Waals surface area contributed by atoms with E-state index in [-0.39, 0.29) is 6.61 Å². The van der Waals surface area contributed by atoms with Crippen molar-refractivity contribution >= 4 is 11.8 Å². The van der Waals surface area contributed by atoms with E-state index in [2.05, 4.69) is 12.1 Å². The molecule has 1 aliphatic heterocycles. The average Bonchev–Trinajstić information content (AvgIpc) is 2.98. The van der Waals surface area contributed by atoms with Gasteiger partial charge in [-0.2, -0.15) is 0 Å².